The first-order valence-electron chi connectivity index (χ1n) is 7.15. The smallest absolute Gasteiger partial charge is 0.216 e. The molecule has 0 aliphatic carbocycles. The Labute approximate surface area is 163 Å². The van der Waals surface area contributed by atoms with Gasteiger partial charge in [-0.25, -0.2) is 9.98 Å². The van der Waals surface area contributed by atoms with E-state index in [1.165, 1.54) is 0 Å². The maximum Gasteiger partial charge on any atom is 0.216 e. The SMILES string of the molecule is COc1ccc(NC(N)=NCc2ncc(C(C)(C)C)o2)cc1Cl.I. The zero-order valence-corrected chi connectivity index (χ0v) is 17.2. The molecule has 2 rings (SSSR count). The van der Waals surface area contributed by atoms with Crippen molar-refractivity contribution in [1.29, 1.82) is 0 Å². The first kappa shape index (κ1) is 20.6. The quantitative estimate of drug-likeness (QED) is 0.403. The minimum absolute atomic E-state index is 0. The molecule has 0 saturated carbocycles. The number of nitrogens with one attached hydrogen (secondary N) is 1. The van der Waals surface area contributed by atoms with Gasteiger partial charge in [0, 0.05) is 11.1 Å². The fourth-order valence-electron chi connectivity index (χ4n) is 1.81. The molecule has 0 fully saturated rings. The number of aromatic nitrogens is 1. The summed E-state index contributed by atoms with van der Waals surface area (Å²) in [5.41, 5.74) is 6.50. The minimum atomic E-state index is -0.0847. The molecule has 0 bridgehead atoms. The second-order valence-corrected chi connectivity index (χ2v) is 6.45. The van der Waals surface area contributed by atoms with E-state index in [0.717, 1.165) is 11.4 Å². The summed E-state index contributed by atoms with van der Waals surface area (Å²) in [6.07, 6.45) is 1.72. The van der Waals surface area contributed by atoms with E-state index in [4.69, 9.17) is 26.5 Å². The van der Waals surface area contributed by atoms with Gasteiger partial charge in [-0.1, -0.05) is 32.4 Å². The third kappa shape index (κ3) is 5.55. The lowest BCUT2D eigenvalue weighted by atomic mass is 9.94. The molecule has 8 heteroatoms. The van der Waals surface area contributed by atoms with E-state index >= 15 is 0 Å². The number of guanidine groups is 1. The summed E-state index contributed by atoms with van der Waals surface area (Å²) < 4.78 is 10.8. The second kappa shape index (κ2) is 8.57. The molecule has 1 heterocycles. The van der Waals surface area contributed by atoms with E-state index in [1.54, 1.807) is 31.5 Å². The van der Waals surface area contributed by atoms with Gasteiger partial charge >= 0.3 is 0 Å². The zero-order chi connectivity index (χ0) is 17.0. The van der Waals surface area contributed by atoms with E-state index in [0.29, 0.717) is 16.7 Å². The number of halogens is 2. The normalized spacial score (nSPS) is 11.8. The zero-order valence-electron chi connectivity index (χ0n) is 14.1. The van der Waals surface area contributed by atoms with Crippen molar-refractivity contribution in [2.24, 2.45) is 10.7 Å². The van der Waals surface area contributed by atoms with Gasteiger partial charge in [-0.05, 0) is 18.2 Å². The summed E-state index contributed by atoms with van der Waals surface area (Å²) in [6.45, 7) is 6.44. The predicted molar refractivity (Wildman–Crippen MR) is 108 cm³/mol. The van der Waals surface area contributed by atoms with Crippen molar-refractivity contribution in [3.05, 3.63) is 41.1 Å². The van der Waals surface area contributed by atoms with Gasteiger partial charge in [-0.15, -0.1) is 24.0 Å². The monoisotopic (exact) mass is 464 g/mol. The Morgan fingerprint density at radius 2 is 2.12 bits per heavy atom. The maximum absolute atomic E-state index is 6.06. The number of nitrogens with zero attached hydrogens (tertiary/aromatic N) is 2. The molecule has 24 heavy (non-hydrogen) atoms. The highest BCUT2D eigenvalue weighted by Crippen LogP contribution is 2.27. The molecule has 3 N–H and O–H groups in total. The average Bonchev–Trinajstić information content (AvgIpc) is 2.94. The van der Waals surface area contributed by atoms with Crippen LogP contribution >= 0.6 is 35.6 Å². The molecule has 1 aromatic heterocycles. The van der Waals surface area contributed by atoms with E-state index in [1.807, 2.05) is 0 Å². The highest BCUT2D eigenvalue weighted by molar-refractivity contribution is 14.0. The molecule has 2 aromatic rings. The molecule has 0 atom stereocenters. The summed E-state index contributed by atoms with van der Waals surface area (Å²) in [6, 6.07) is 5.27. The van der Waals surface area contributed by atoms with Gasteiger partial charge in [0.25, 0.3) is 0 Å². The molecule has 0 aliphatic heterocycles. The van der Waals surface area contributed by atoms with Crippen LogP contribution in [-0.4, -0.2) is 18.1 Å². The first-order chi connectivity index (χ1) is 10.8. The van der Waals surface area contributed by atoms with Gasteiger partial charge in [0.1, 0.15) is 18.1 Å². The van der Waals surface area contributed by atoms with E-state index in [9.17, 15) is 0 Å². The number of aliphatic imine (C=N–C) groups is 1. The van der Waals surface area contributed by atoms with Crippen molar-refractivity contribution in [3.8, 4) is 5.75 Å². The topological polar surface area (TPSA) is 85.7 Å². The molecular formula is C16H22ClIN4O2. The van der Waals surface area contributed by atoms with Crippen LogP contribution in [0.15, 0.2) is 33.8 Å². The number of hydrogen-bond acceptors (Lipinski definition) is 4. The summed E-state index contributed by atoms with van der Waals surface area (Å²) in [5.74, 6) is 2.19. The highest BCUT2D eigenvalue weighted by Gasteiger charge is 2.18. The standard InChI is InChI=1S/C16H21ClN4O2.HI/c1-16(2,3)13-8-19-14(23-13)9-20-15(18)21-10-5-6-12(22-4)11(17)7-10;/h5-8H,9H2,1-4H3,(H3,18,20,21);1H. The minimum Gasteiger partial charge on any atom is -0.495 e. The van der Waals surface area contributed by atoms with Crippen molar-refractivity contribution in [3.63, 3.8) is 0 Å². The summed E-state index contributed by atoms with van der Waals surface area (Å²) in [4.78, 5) is 8.41. The Morgan fingerprint density at radius 3 is 2.67 bits per heavy atom. The van der Waals surface area contributed by atoms with E-state index in [2.05, 4.69) is 36.1 Å². The molecule has 0 unspecified atom stereocenters. The number of methoxy groups -OCH3 is 1. The van der Waals surface area contributed by atoms with E-state index < -0.39 is 0 Å². The molecule has 132 valence electrons. The van der Waals surface area contributed by atoms with Gasteiger partial charge in [0.15, 0.2) is 5.96 Å². The Morgan fingerprint density at radius 1 is 1.42 bits per heavy atom. The van der Waals surface area contributed by atoms with Crippen LogP contribution in [0.2, 0.25) is 5.02 Å². The van der Waals surface area contributed by atoms with Gasteiger partial charge < -0.3 is 20.2 Å². The highest BCUT2D eigenvalue weighted by atomic mass is 127. The predicted octanol–water partition coefficient (Wildman–Crippen LogP) is 4.18. The molecule has 0 radical (unpaired) electrons. The van der Waals surface area contributed by atoms with Crippen LogP contribution in [0.1, 0.15) is 32.4 Å². The van der Waals surface area contributed by atoms with Crippen molar-refractivity contribution in [2.45, 2.75) is 32.7 Å². The Kier molecular flexibility index (Phi) is 7.34. The number of rotatable bonds is 4. The maximum atomic E-state index is 6.06. The van der Waals surface area contributed by atoms with Gasteiger partial charge in [-0.2, -0.15) is 0 Å². The van der Waals surface area contributed by atoms with Crippen LogP contribution in [0.25, 0.3) is 0 Å². The fourth-order valence-corrected chi connectivity index (χ4v) is 2.07. The van der Waals surface area contributed by atoms with Crippen LogP contribution in [0.4, 0.5) is 5.69 Å². The first-order valence-corrected chi connectivity index (χ1v) is 7.53. The molecule has 0 saturated heterocycles. The number of benzene rings is 1. The molecule has 0 spiro atoms. The van der Waals surface area contributed by atoms with Crippen LogP contribution in [0.5, 0.6) is 5.75 Å². The van der Waals surface area contributed by atoms with Crippen molar-refractivity contribution in [1.82, 2.24) is 4.98 Å². The number of anilines is 1. The molecule has 1 aromatic carbocycles. The molecule has 0 amide bonds. The summed E-state index contributed by atoms with van der Waals surface area (Å²) in [5, 5.41) is 3.45. The molecular weight excluding hydrogens is 443 g/mol. The fraction of sp³-hybridized carbons (Fsp3) is 0.375. The molecule has 6 nitrogen and oxygen atoms in total. The van der Waals surface area contributed by atoms with Crippen LogP contribution in [0, 0.1) is 0 Å². The number of hydrogen-bond donors (Lipinski definition) is 2. The van der Waals surface area contributed by atoms with E-state index in [-0.39, 0.29) is 41.9 Å². The third-order valence-corrected chi connectivity index (χ3v) is 3.40. The second-order valence-electron chi connectivity index (χ2n) is 6.04. The van der Waals surface area contributed by atoms with Crippen molar-refractivity contribution >= 4 is 47.2 Å². The lowest BCUT2D eigenvalue weighted by Gasteiger charge is -2.12. The van der Waals surface area contributed by atoms with Crippen LogP contribution in [-0.2, 0) is 12.0 Å². The largest absolute Gasteiger partial charge is 0.495 e. The third-order valence-electron chi connectivity index (χ3n) is 3.10. The average molecular weight is 465 g/mol. The number of ether oxygens (including phenoxy) is 1. The van der Waals surface area contributed by atoms with Crippen LogP contribution in [0.3, 0.4) is 0 Å². The Bertz CT molecular complexity index is 710. The lowest BCUT2D eigenvalue weighted by Crippen LogP contribution is -2.22. The summed E-state index contributed by atoms with van der Waals surface area (Å²) >= 11 is 6.06. The Balaban J connectivity index is 0.00000288. The van der Waals surface area contributed by atoms with Crippen LogP contribution < -0.4 is 15.8 Å². The van der Waals surface area contributed by atoms with Crippen molar-refractivity contribution in [2.75, 3.05) is 12.4 Å². The van der Waals surface area contributed by atoms with Gasteiger partial charge in [0.2, 0.25) is 5.89 Å². The lowest BCUT2D eigenvalue weighted by molar-refractivity contribution is 0.383. The van der Waals surface area contributed by atoms with Gasteiger partial charge in [0.05, 0.1) is 18.3 Å². The van der Waals surface area contributed by atoms with Crippen molar-refractivity contribution < 1.29 is 9.15 Å². The summed E-state index contributed by atoms with van der Waals surface area (Å²) in [7, 11) is 1.56. The number of oxazole rings is 1. The Hall–Kier alpha value is -1.48. The molecule has 0 aliphatic rings. The number of nitrogens with two attached hydrogens (primary N) is 1. The van der Waals surface area contributed by atoms with Gasteiger partial charge in [-0.3, -0.25) is 0 Å².